The number of anilines is 2. The maximum Gasteiger partial charge on any atom is 0.291 e. The summed E-state index contributed by atoms with van der Waals surface area (Å²) in [6, 6.07) is 27.9. The highest BCUT2D eigenvalue weighted by atomic mass is 79.9. The highest BCUT2D eigenvalue weighted by Crippen LogP contribution is 2.39. The largest absolute Gasteiger partial charge is 0.343 e. The minimum atomic E-state index is -0.746. The van der Waals surface area contributed by atoms with Gasteiger partial charge in [-0.05, 0) is 114 Å². The number of nitrogens with zero attached hydrogens (tertiary/aromatic N) is 6. The molecule has 0 bridgehead atoms. The zero-order valence-corrected chi connectivity index (χ0v) is 39.1. The fraction of sp³-hybridized carbons (Fsp3) is 0.229. The van der Waals surface area contributed by atoms with Crippen LogP contribution in [0.5, 0.6) is 0 Å². The number of fused-ring (bicyclic) bond motifs is 2. The number of rotatable bonds is 13. The van der Waals surface area contributed by atoms with Crippen molar-refractivity contribution in [1.29, 1.82) is 0 Å². The molecule has 0 unspecified atom stereocenters. The number of benzene rings is 4. The van der Waals surface area contributed by atoms with E-state index in [9.17, 15) is 19.2 Å². The van der Waals surface area contributed by atoms with E-state index in [1.54, 1.807) is 44.4 Å². The highest BCUT2D eigenvalue weighted by Gasteiger charge is 2.37. The molecule has 3 aromatic heterocycles. The van der Waals surface area contributed by atoms with Gasteiger partial charge in [0.05, 0.1) is 48.7 Å². The molecule has 14 nitrogen and oxygen atoms in total. The van der Waals surface area contributed by atoms with E-state index >= 15 is 0 Å². The van der Waals surface area contributed by atoms with Crippen LogP contribution < -0.4 is 21.2 Å². The lowest BCUT2D eigenvalue weighted by atomic mass is 9.87. The Balaban J connectivity index is 0.000000179. The summed E-state index contributed by atoms with van der Waals surface area (Å²) in [6.45, 7) is 0. The summed E-state index contributed by atoms with van der Waals surface area (Å²) in [5, 5.41) is 16.1. The number of aromatic nitrogens is 6. The van der Waals surface area contributed by atoms with Crippen LogP contribution in [0.1, 0.15) is 57.4 Å². The Morgan fingerprint density at radius 3 is 1.63 bits per heavy atom. The number of carbonyl (C=O) groups is 4. The van der Waals surface area contributed by atoms with E-state index in [1.165, 1.54) is 23.2 Å². The standard InChI is InChI=1S/C26H25BrN6O2.C22H21BBrN4O2/c1-32-15-28-14-23(32)17-4-8-19(9-5-17)30-26(35)24(31-25(34)22-11-12-29-33(22)2)20-10-6-16-3-7-18(27)13-21(16)20;1-28-13-25-11-20(28)15-3-7-17(8-4-15)26-22(30)21(27-23-12-29)18-9-5-14-2-6-16(24)10-19(14)18/h3-5,7-9,11-15,20,24H,6,10H2,1-2H3,(H,30,35)(H,31,34);2-4,6-8,10-13,18,21,27H,5,9H2,1H3,(H,26,30)/t20-,24+;18-,21+/m11/s1. The van der Waals surface area contributed by atoms with Gasteiger partial charge in [-0.25, -0.2) is 9.97 Å². The second kappa shape index (κ2) is 20.2. The highest BCUT2D eigenvalue weighted by molar-refractivity contribution is 9.10. The molecule has 65 heavy (non-hydrogen) atoms. The van der Waals surface area contributed by atoms with Gasteiger partial charge in [-0.3, -0.25) is 19.1 Å². The average Bonchev–Trinajstić information content (AvgIpc) is 4.17. The third kappa shape index (κ3) is 10.3. The molecule has 3 amide bonds. The first-order chi connectivity index (χ1) is 31.5. The molecule has 329 valence electrons. The van der Waals surface area contributed by atoms with Gasteiger partial charge in [0.25, 0.3) is 13.3 Å². The van der Waals surface area contributed by atoms with Gasteiger partial charge < -0.3 is 35.1 Å². The minimum absolute atomic E-state index is 0.0117. The van der Waals surface area contributed by atoms with E-state index in [0.29, 0.717) is 23.3 Å². The molecule has 2 aliphatic carbocycles. The number of nitrogens with one attached hydrogen (secondary N) is 4. The van der Waals surface area contributed by atoms with Crippen molar-refractivity contribution in [2.45, 2.75) is 49.6 Å². The van der Waals surface area contributed by atoms with Gasteiger partial charge in [-0.15, -0.1) is 0 Å². The van der Waals surface area contributed by atoms with Crippen molar-refractivity contribution in [1.82, 2.24) is 39.4 Å². The van der Waals surface area contributed by atoms with E-state index in [2.05, 4.69) is 86.3 Å². The molecular formula is C48H46BBr2N10O4. The SMILES string of the molecule is Cn1cncc1-c1ccc(NC(=O)[C@@H](NC(=O)c2ccnn2C)[C@@H]2CCc3ccc(Br)cc32)cc1.Cn1cncc1-c1ccc(NC(=O)[C@@H](N[B]C=O)[C@@H]2CCc3ccc(Br)cc32)cc1. The second-order valence-corrected chi connectivity index (χ2v) is 18.0. The molecule has 17 heteroatoms. The lowest BCUT2D eigenvalue weighted by Crippen LogP contribution is -2.47. The van der Waals surface area contributed by atoms with Gasteiger partial charge in [-0.1, -0.05) is 68.3 Å². The molecule has 2 aliphatic rings. The first kappa shape index (κ1) is 45.2. The van der Waals surface area contributed by atoms with Crippen LogP contribution in [0.3, 0.4) is 0 Å². The third-order valence-corrected chi connectivity index (χ3v) is 13.0. The minimum Gasteiger partial charge on any atom is -0.343 e. The molecule has 3 heterocycles. The zero-order chi connectivity index (χ0) is 45.6. The Hall–Kier alpha value is -6.43. The number of imidazole rings is 2. The summed E-state index contributed by atoms with van der Waals surface area (Å²) in [7, 11) is 6.88. The van der Waals surface area contributed by atoms with Crippen molar-refractivity contribution in [3.63, 3.8) is 0 Å². The second-order valence-electron chi connectivity index (χ2n) is 16.1. The van der Waals surface area contributed by atoms with Crippen LogP contribution >= 0.6 is 31.9 Å². The summed E-state index contributed by atoms with van der Waals surface area (Å²) >= 11 is 7.07. The summed E-state index contributed by atoms with van der Waals surface area (Å²) in [5.74, 6) is -0.915. The Morgan fingerprint density at radius 1 is 0.692 bits per heavy atom. The molecule has 0 spiro atoms. The fourth-order valence-corrected chi connectivity index (χ4v) is 9.50. The summed E-state index contributed by atoms with van der Waals surface area (Å²) in [6.07, 6.45) is 12.7. The average molecular weight is 998 g/mol. The quantitative estimate of drug-likeness (QED) is 0.0688. The van der Waals surface area contributed by atoms with Gasteiger partial charge >= 0.3 is 0 Å². The van der Waals surface area contributed by atoms with Crippen molar-refractivity contribution in [2.75, 3.05) is 10.6 Å². The number of hydrogen-bond acceptors (Lipinski definition) is 8. The Morgan fingerprint density at radius 2 is 1.18 bits per heavy atom. The van der Waals surface area contributed by atoms with Crippen molar-refractivity contribution in [3.05, 3.63) is 159 Å². The van der Waals surface area contributed by atoms with Crippen molar-refractivity contribution in [3.8, 4) is 22.5 Å². The maximum absolute atomic E-state index is 13.6. The maximum atomic E-state index is 13.6. The van der Waals surface area contributed by atoms with E-state index in [1.807, 2.05) is 90.0 Å². The van der Waals surface area contributed by atoms with Gasteiger partial charge in [0, 0.05) is 59.5 Å². The fourth-order valence-electron chi connectivity index (χ4n) is 8.74. The molecule has 4 N–H and O–H groups in total. The first-order valence-corrected chi connectivity index (χ1v) is 22.7. The molecule has 0 aliphatic heterocycles. The normalized spacial score (nSPS) is 15.7. The van der Waals surface area contributed by atoms with Crippen molar-refractivity contribution < 1.29 is 19.2 Å². The lowest BCUT2D eigenvalue weighted by Gasteiger charge is -2.25. The van der Waals surface area contributed by atoms with Gasteiger partial charge in [0.2, 0.25) is 11.8 Å². The molecule has 4 atom stereocenters. The van der Waals surface area contributed by atoms with Crippen LogP contribution in [0, 0.1) is 0 Å². The molecule has 0 fully saturated rings. The Labute approximate surface area is 394 Å². The molecule has 9 rings (SSSR count). The monoisotopic (exact) mass is 995 g/mol. The van der Waals surface area contributed by atoms with Crippen molar-refractivity contribution in [2.24, 2.45) is 21.1 Å². The van der Waals surface area contributed by atoms with Crippen LogP contribution in [0.25, 0.3) is 22.5 Å². The van der Waals surface area contributed by atoms with Crippen LogP contribution in [0.15, 0.2) is 131 Å². The van der Waals surface area contributed by atoms with E-state index in [4.69, 9.17) is 0 Å². The number of hydrogen-bond donors (Lipinski definition) is 4. The third-order valence-electron chi connectivity index (χ3n) is 12.0. The molecular weight excluding hydrogens is 951 g/mol. The van der Waals surface area contributed by atoms with Crippen LogP contribution in [0.4, 0.5) is 11.4 Å². The molecule has 0 saturated heterocycles. The number of aryl methyl sites for hydroxylation is 5. The number of carbonyl (C=O) groups excluding carboxylic acids is 4. The molecule has 7 aromatic rings. The van der Waals surface area contributed by atoms with E-state index in [-0.39, 0.29) is 29.6 Å². The van der Waals surface area contributed by atoms with E-state index < -0.39 is 12.1 Å². The van der Waals surface area contributed by atoms with Gasteiger partial charge in [-0.2, -0.15) is 5.10 Å². The predicted molar refractivity (Wildman–Crippen MR) is 259 cm³/mol. The molecule has 4 aromatic carbocycles. The lowest BCUT2D eigenvalue weighted by molar-refractivity contribution is -0.119. The summed E-state index contributed by atoms with van der Waals surface area (Å²) < 4.78 is 7.32. The predicted octanol–water partition coefficient (Wildman–Crippen LogP) is 7.34. The van der Waals surface area contributed by atoms with Crippen LogP contribution in [-0.2, 0) is 48.4 Å². The van der Waals surface area contributed by atoms with Gasteiger partial charge in [0.15, 0.2) is 0 Å². The molecule has 1 radical (unpaired) electrons. The smallest absolute Gasteiger partial charge is 0.291 e. The Bertz CT molecular complexity index is 2840. The number of halogens is 2. The summed E-state index contributed by atoms with van der Waals surface area (Å²) in [4.78, 5) is 59.0. The van der Waals surface area contributed by atoms with E-state index in [0.717, 1.165) is 68.3 Å². The first-order valence-electron chi connectivity index (χ1n) is 21.1. The zero-order valence-electron chi connectivity index (χ0n) is 35.9. The van der Waals surface area contributed by atoms with Gasteiger partial charge in [0.1, 0.15) is 11.7 Å². The summed E-state index contributed by atoms with van der Waals surface area (Å²) in [5.41, 5.74) is 10.4. The van der Waals surface area contributed by atoms with Crippen LogP contribution in [-0.4, -0.2) is 72.3 Å². The molecule has 0 saturated carbocycles. The van der Waals surface area contributed by atoms with Crippen LogP contribution in [0.2, 0.25) is 0 Å². The number of amides is 3. The topological polar surface area (TPSA) is 170 Å². The van der Waals surface area contributed by atoms with Crippen molar-refractivity contribution >= 4 is 74.6 Å². The Kier molecular flexibility index (Phi) is 14.0.